The van der Waals surface area contributed by atoms with Crippen molar-refractivity contribution in [1.29, 1.82) is 0 Å². The Morgan fingerprint density at radius 2 is 1.33 bits per heavy atom. The zero-order valence-electron chi connectivity index (χ0n) is 23.6. The Kier molecular flexibility index (Phi) is 10.2. The second-order valence-electron chi connectivity index (χ2n) is 11.4. The maximum absolute atomic E-state index is 13.3. The number of benzene rings is 3. The maximum atomic E-state index is 13.3. The highest BCUT2D eigenvalue weighted by Crippen LogP contribution is 2.36. The standard InChI is InChI=1S/C34H45N3O2/c1-25(2)32(34(39,29-15-9-5-10-16-29)30-17-11-6-12-18-30)37-33(38)36-31-21-19-27(20-22-31)23-24-35-26(3)28-13-7-4-8-14-28/h4-18,25-27,31-32,35,39H,19-24H2,1-3H3,(H2,36,37,38)/t26-,27?,31?,32+/m1/s1. The Bertz CT molecular complexity index is 1090. The van der Waals surface area contributed by atoms with E-state index in [0.717, 1.165) is 49.8 Å². The second-order valence-corrected chi connectivity index (χ2v) is 11.4. The predicted octanol–water partition coefficient (Wildman–Crippen LogP) is 6.55. The summed E-state index contributed by atoms with van der Waals surface area (Å²) in [6, 6.07) is 29.7. The Hall–Kier alpha value is -3.15. The third-order valence-corrected chi connectivity index (χ3v) is 8.32. The van der Waals surface area contributed by atoms with E-state index in [1.165, 1.54) is 5.56 Å². The Balaban J connectivity index is 1.31. The van der Waals surface area contributed by atoms with Crippen LogP contribution in [0.1, 0.15) is 75.6 Å². The fourth-order valence-electron chi connectivity index (χ4n) is 5.99. The molecule has 208 valence electrons. The van der Waals surface area contributed by atoms with Crippen molar-refractivity contribution in [2.24, 2.45) is 11.8 Å². The molecule has 0 bridgehead atoms. The first-order valence-electron chi connectivity index (χ1n) is 14.6. The van der Waals surface area contributed by atoms with E-state index in [9.17, 15) is 9.90 Å². The van der Waals surface area contributed by atoms with Crippen molar-refractivity contribution in [3.05, 3.63) is 108 Å². The lowest BCUT2D eigenvalue weighted by atomic mass is 9.76. The van der Waals surface area contributed by atoms with Crippen LogP contribution in [-0.2, 0) is 5.60 Å². The van der Waals surface area contributed by atoms with Gasteiger partial charge in [-0.15, -0.1) is 0 Å². The van der Waals surface area contributed by atoms with E-state index in [4.69, 9.17) is 0 Å². The Morgan fingerprint density at radius 3 is 1.85 bits per heavy atom. The summed E-state index contributed by atoms with van der Waals surface area (Å²) in [4.78, 5) is 13.3. The second kappa shape index (κ2) is 13.8. The number of amides is 2. The van der Waals surface area contributed by atoms with Crippen LogP contribution >= 0.6 is 0 Å². The van der Waals surface area contributed by atoms with E-state index in [2.05, 4.69) is 53.2 Å². The largest absolute Gasteiger partial charge is 0.378 e. The third kappa shape index (κ3) is 7.49. The van der Waals surface area contributed by atoms with Gasteiger partial charge in [-0.3, -0.25) is 0 Å². The summed E-state index contributed by atoms with van der Waals surface area (Å²) in [7, 11) is 0. The van der Waals surface area contributed by atoms with Crippen LogP contribution in [0.15, 0.2) is 91.0 Å². The lowest BCUT2D eigenvalue weighted by Crippen LogP contribution is -2.57. The summed E-state index contributed by atoms with van der Waals surface area (Å²) in [5, 5.41) is 22.3. The summed E-state index contributed by atoms with van der Waals surface area (Å²) in [5.41, 5.74) is 1.51. The Labute approximate surface area is 234 Å². The Morgan fingerprint density at radius 1 is 0.821 bits per heavy atom. The molecule has 1 saturated carbocycles. The van der Waals surface area contributed by atoms with Gasteiger partial charge in [0.1, 0.15) is 5.60 Å². The average Bonchev–Trinajstić information content (AvgIpc) is 2.97. The molecule has 1 fully saturated rings. The van der Waals surface area contributed by atoms with Gasteiger partial charge in [0.25, 0.3) is 0 Å². The molecule has 0 spiro atoms. The number of hydrogen-bond acceptors (Lipinski definition) is 3. The van der Waals surface area contributed by atoms with Crippen molar-refractivity contribution < 1.29 is 9.90 Å². The van der Waals surface area contributed by atoms with E-state index in [1.54, 1.807) is 0 Å². The summed E-state index contributed by atoms with van der Waals surface area (Å²) in [6.07, 6.45) is 5.38. The van der Waals surface area contributed by atoms with Crippen molar-refractivity contribution in [1.82, 2.24) is 16.0 Å². The highest BCUT2D eigenvalue weighted by molar-refractivity contribution is 5.75. The van der Waals surface area contributed by atoms with Crippen LogP contribution in [0.5, 0.6) is 0 Å². The predicted molar refractivity (Wildman–Crippen MR) is 159 cm³/mol. The van der Waals surface area contributed by atoms with Gasteiger partial charge in [-0.05, 0) is 74.1 Å². The van der Waals surface area contributed by atoms with Gasteiger partial charge in [0.2, 0.25) is 0 Å². The summed E-state index contributed by atoms with van der Waals surface area (Å²) in [5.74, 6) is 0.689. The molecule has 4 N–H and O–H groups in total. The molecule has 0 saturated heterocycles. The molecule has 1 aliphatic carbocycles. The van der Waals surface area contributed by atoms with Crippen molar-refractivity contribution in [3.8, 4) is 0 Å². The molecular formula is C34H45N3O2. The molecule has 3 aromatic carbocycles. The van der Waals surface area contributed by atoms with Crippen molar-refractivity contribution in [3.63, 3.8) is 0 Å². The van der Waals surface area contributed by atoms with E-state index in [0.29, 0.717) is 12.0 Å². The monoisotopic (exact) mass is 527 g/mol. The molecule has 1 aliphatic rings. The highest BCUT2D eigenvalue weighted by Gasteiger charge is 2.43. The molecule has 0 heterocycles. The van der Waals surface area contributed by atoms with Gasteiger partial charge in [-0.2, -0.15) is 0 Å². The first-order valence-corrected chi connectivity index (χ1v) is 14.6. The number of carbonyl (C=O) groups is 1. The molecule has 5 nitrogen and oxygen atoms in total. The minimum Gasteiger partial charge on any atom is -0.378 e. The third-order valence-electron chi connectivity index (χ3n) is 8.32. The van der Waals surface area contributed by atoms with Gasteiger partial charge in [-0.1, -0.05) is 105 Å². The van der Waals surface area contributed by atoms with Crippen molar-refractivity contribution >= 4 is 6.03 Å². The van der Waals surface area contributed by atoms with Crippen LogP contribution in [0.3, 0.4) is 0 Å². The summed E-state index contributed by atoms with van der Waals surface area (Å²) >= 11 is 0. The molecule has 39 heavy (non-hydrogen) atoms. The van der Waals surface area contributed by atoms with Gasteiger partial charge < -0.3 is 21.1 Å². The van der Waals surface area contributed by atoms with Crippen molar-refractivity contribution in [2.45, 2.75) is 76.6 Å². The number of carbonyl (C=O) groups excluding carboxylic acids is 1. The van der Waals surface area contributed by atoms with Crippen LogP contribution in [0.25, 0.3) is 0 Å². The van der Waals surface area contributed by atoms with Gasteiger partial charge in [0.15, 0.2) is 0 Å². The van der Waals surface area contributed by atoms with Crippen LogP contribution in [0.4, 0.5) is 4.79 Å². The average molecular weight is 528 g/mol. The smallest absolute Gasteiger partial charge is 0.315 e. The first kappa shape index (κ1) is 28.8. The molecule has 0 aromatic heterocycles. The lowest BCUT2D eigenvalue weighted by molar-refractivity contribution is 0.0232. The van der Waals surface area contributed by atoms with Crippen LogP contribution < -0.4 is 16.0 Å². The molecule has 2 amide bonds. The molecule has 4 rings (SSSR count). The zero-order valence-corrected chi connectivity index (χ0v) is 23.6. The number of aliphatic hydroxyl groups is 1. The fraction of sp³-hybridized carbons (Fsp3) is 0.441. The maximum Gasteiger partial charge on any atom is 0.315 e. The molecule has 0 radical (unpaired) electrons. The summed E-state index contributed by atoms with van der Waals surface area (Å²) in [6.45, 7) is 7.31. The molecule has 0 aliphatic heterocycles. The van der Waals surface area contributed by atoms with Crippen LogP contribution in [0.2, 0.25) is 0 Å². The summed E-state index contributed by atoms with van der Waals surface area (Å²) < 4.78 is 0. The molecule has 3 aromatic rings. The lowest BCUT2D eigenvalue weighted by Gasteiger charge is -2.40. The van der Waals surface area contributed by atoms with E-state index >= 15 is 0 Å². The van der Waals surface area contributed by atoms with Gasteiger partial charge in [0, 0.05) is 12.1 Å². The van der Waals surface area contributed by atoms with E-state index in [-0.39, 0.29) is 18.0 Å². The topological polar surface area (TPSA) is 73.4 Å². The number of urea groups is 1. The van der Waals surface area contributed by atoms with E-state index in [1.807, 2.05) is 74.5 Å². The molecule has 2 atom stereocenters. The fourth-order valence-corrected chi connectivity index (χ4v) is 5.99. The molecule has 5 heteroatoms. The molecular weight excluding hydrogens is 482 g/mol. The SMILES string of the molecule is CC(C)[C@H](NC(=O)NC1CCC(CCN[C@H](C)c2ccccc2)CC1)C(O)(c1ccccc1)c1ccccc1. The van der Waals surface area contributed by atoms with Gasteiger partial charge in [-0.25, -0.2) is 4.79 Å². The zero-order chi connectivity index (χ0) is 27.7. The number of hydrogen-bond donors (Lipinski definition) is 4. The minimum absolute atomic E-state index is 0.00248. The van der Waals surface area contributed by atoms with Gasteiger partial charge in [0.05, 0.1) is 6.04 Å². The van der Waals surface area contributed by atoms with Crippen LogP contribution in [0, 0.1) is 11.8 Å². The molecule has 0 unspecified atom stereocenters. The number of rotatable bonds is 11. The van der Waals surface area contributed by atoms with E-state index < -0.39 is 11.6 Å². The normalized spacial score (nSPS) is 19.3. The number of nitrogens with one attached hydrogen (secondary N) is 3. The quantitative estimate of drug-likeness (QED) is 0.229. The van der Waals surface area contributed by atoms with Crippen molar-refractivity contribution in [2.75, 3.05) is 6.54 Å². The highest BCUT2D eigenvalue weighted by atomic mass is 16.3. The van der Waals surface area contributed by atoms with Gasteiger partial charge >= 0.3 is 6.03 Å². The first-order chi connectivity index (χ1) is 18.9. The minimum atomic E-state index is -1.35. The van der Waals surface area contributed by atoms with Crippen LogP contribution in [-0.4, -0.2) is 29.8 Å².